The number of hydrogen-bond acceptors (Lipinski definition) is 15. The van der Waals surface area contributed by atoms with E-state index in [2.05, 4.69) is 43.2 Å². The molecule has 4 amide bonds. The van der Waals surface area contributed by atoms with Crippen LogP contribution >= 0.6 is 22.7 Å². The molecular weight excluding hydrogens is 1110 g/mol. The van der Waals surface area contributed by atoms with Gasteiger partial charge in [0.1, 0.15) is 28.1 Å². The van der Waals surface area contributed by atoms with Crippen molar-refractivity contribution in [2.75, 3.05) is 37.4 Å². The molecule has 12 rings (SSSR count). The largest absolute Gasteiger partial charge is 0.493 e. The second-order valence-corrected chi connectivity index (χ2v) is 26.1. The van der Waals surface area contributed by atoms with Crippen molar-refractivity contribution < 1.29 is 45.5 Å². The fraction of sp³-hybridized carbons (Fsp3) is 0.233. The third-order valence-corrected chi connectivity index (χ3v) is 20.5. The van der Waals surface area contributed by atoms with Crippen molar-refractivity contribution in [1.29, 1.82) is 0 Å². The Hall–Kier alpha value is -8.08. The Morgan fingerprint density at radius 2 is 1.04 bits per heavy atom. The fourth-order valence-corrected chi connectivity index (χ4v) is 15.0. The Balaban J connectivity index is 0.000000170. The van der Waals surface area contributed by atoms with Gasteiger partial charge in [0, 0.05) is 50.4 Å². The first kappa shape index (κ1) is 54.9. The van der Waals surface area contributed by atoms with Crippen molar-refractivity contribution in [3.63, 3.8) is 0 Å². The summed E-state index contributed by atoms with van der Waals surface area (Å²) in [4.78, 5) is 64.1. The first-order valence-corrected chi connectivity index (χ1v) is 31.0. The van der Waals surface area contributed by atoms with E-state index in [-0.39, 0.29) is 66.3 Å². The van der Waals surface area contributed by atoms with Gasteiger partial charge in [-0.25, -0.2) is 26.8 Å². The Morgan fingerprint density at radius 3 is 1.49 bits per heavy atom. The van der Waals surface area contributed by atoms with Crippen molar-refractivity contribution in [2.24, 2.45) is 5.92 Å². The summed E-state index contributed by atoms with van der Waals surface area (Å²) in [5, 5.41) is 12.6. The van der Waals surface area contributed by atoms with Crippen molar-refractivity contribution >= 4 is 77.4 Å². The lowest BCUT2D eigenvalue weighted by molar-refractivity contribution is 0.0943. The number of carbonyl (C=O) groups is 4. The zero-order valence-electron chi connectivity index (χ0n) is 43.8. The third-order valence-electron chi connectivity index (χ3n) is 14.6. The van der Waals surface area contributed by atoms with Crippen molar-refractivity contribution in [3.05, 3.63) is 178 Å². The zero-order valence-corrected chi connectivity index (χ0v) is 47.1. The van der Waals surface area contributed by atoms with Crippen LogP contribution in [0.15, 0.2) is 165 Å². The molecule has 1 atom stereocenters. The second-order valence-electron chi connectivity index (χ2n) is 20.1. The predicted molar refractivity (Wildman–Crippen MR) is 309 cm³/mol. The highest BCUT2D eigenvalue weighted by molar-refractivity contribution is 7.92. The smallest absolute Gasteiger partial charge is 0.257 e. The number of hydrogen-bond donors (Lipinski definition) is 4. The lowest BCUT2D eigenvalue weighted by Crippen LogP contribution is -2.30. The van der Waals surface area contributed by atoms with Gasteiger partial charge in [-0.3, -0.25) is 19.2 Å². The summed E-state index contributed by atoms with van der Waals surface area (Å²) in [5.41, 5.74) is 2.67. The molecule has 414 valence electrons. The Labute approximate surface area is 476 Å². The number of anilines is 2. The van der Waals surface area contributed by atoms with Crippen LogP contribution in [-0.4, -0.2) is 88.2 Å². The molecule has 21 heteroatoms. The van der Waals surface area contributed by atoms with E-state index in [1.807, 2.05) is 48.5 Å². The van der Waals surface area contributed by atoms with E-state index < -0.39 is 43.3 Å². The molecule has 3 aliphatic heterocycles. The number of aromatic nitrogens is 2. The number of nitrogens with zero attached hydrogens (tertiary/aromatic N) is 3. The van der Waals surface area contributed by atoms with Gasteiger partial charge in [-0.2, -0.15) is 0 Å². The average molecular weight is 1160 g/mol. The van der Waals surface area contributed by atoms with Crippen molar-refractivity contribution in [3.8, 4) is 32.6 Å². The van der Waals surface area contributed by atoms with Gasteiger partial charge in [0.05, 0.1) is 61.8 Å². The van der Waals surface area contributed by atoms with E-state index in [1.165, 1.54) is 115 Å². The molecule has 4 aliphatic rings. The van der Waals surface area contributed by atoms with Gasteiger partial charge >= 0.3 is 0 Å². The average Bonchev–Trinajstić information content (AvgIpc) is 4.51. The molecule has 2 aromatic heterocycles. The molecule has 1 saturated heterocycles. The van der Waals surface area contributed by atoms with Gasteiger partial charge in [0.25, 0.3) is 23.6 Å². The van der Waals surface area contributed by atoms with Gasteiger partial charge in [-0.05, 0) is 154 Å². The number of likely N-dealkylation sites (tertiary alicyclic amines) is 1. The maximum Gasteiger partial charge on any atom is 0.257 e. The van der Waals surface area contributed by atoms with Crippen LogP contribution in [0.3, 0.4) is 0 Å². The zero-order chi connectivity index (χ0) is 56.3. The molecule has 6 aromatic carbocycles. The predicted octanol–water partition coefficient (Wildman–Crippen LogP) is 10.3. The van der Waals surface area contributed by atoms with Crippen LogP contribution in [0.25, 0.3) is 21.1 Å². The molecule has 1 saturated carbocycles. The first-order chi connectivity index (χ1) is 39.2. The highest BCUT2D eigenvalue weighted by atomic mass is 32.2. The Kier molecular flexibility index (Phi) is 16.0. The minimum atomic E-state index is -3.94. The van der Waals surface area contributed by atoms with Gasteiger partial charge in [-0.1, -0.05) is 37.1 Å². The van der Waals surface area contributed by atoms with E-state index in [0.717, 1.165) is 62.0 Å². The first-order valence-electron chi connectivity index (χ1n) is 26.4. The highest BCUT2D eigenvalue weighted by Gasteiger charge is 2.33. The number of thiazole rings is 2. The summed E-state index contributed by atoms with van der Waals surface area (Å²) in [6.45, 7) is 3.06. The molecule has 17 nitrogen and oxygen atoms in total. The highest BCUT2D eigenvalue weighted by Crippen LogP contribution is 2.37. The summed E-state index contributed by atoms with van der Waals surface area (Å²) in [7, 11) is -5.74. The van der Waals surface area contributed by atoms with Crippen LogP contribution < -0.4 is 30.7 Å². The standard InChI is InChI=1S/C30H28N4O5S2.C30H27N3O5S2/c1-34-14-4-5-21(34)18-39-22-11-8-19(9-12-22)30-32-17-23(40-30)16-31-28(35)20-10-13-27-25(15-20)33-29(36)24-6-2-3-7-26(24)41(27,37)38;34-28(21-11-14-27-25(15-21)33-29(35)24-7-3-4-8-26(24)40(27,36)37)31-16-23-17-32-30(39-23)20-9-12-22(13-10-20)38-18-19-5-1-2-6-19/h2-3,6-13,15,17,21H,4-5,14,16,18H2,1H3,(H,31,35)(H,33,36);3-4,7-15,17,19H,1-2,5-6,16,18H2,(H,31,34)(H,33,35)/t21-;/m1./s1. The number of sulfone groups is 2. The molecule has 1 aliphatic carbocycles. The number of rotatable bonds is 14. The molecule has 0 unspecified atom stereocenters. The molecule has 2 fully saturated rings. The Morgan fingerprint density at radius 1 is 0.580 bits per heavy atom. The van der Waals surface area contributed by atoms with Crippen molar-refractivity contribution in [1.82, 2.24) is 25.5 Å². The molecule has 4 N–H and O–H groups in total. The summed E-state index contributed by atoms with van der Waals surface area (Å²) in [5.74, 6) is 0.464. The minimum Gasteiger partial charge on any atom is -0.493 e. The normalized spacial score (nSPS) is 16.8. The maximum atomic E-state index is 13.2. The van der Waals surface area contributed by atoms with Crippen LogP contribution in [0.1, 0.15) is 89.7 Å². The number of nitrogens with one attached hydrogen (secondary N) is 4. The lowest BCUT2D eigenvalue weighted by atomic mass is 10.1. The monoisotopic (exact) mass is 1160 g/mol. The molecule has 0 spiro atoms. The molecule has 0 bridgehead atoms. The third kappa shape index (κ3) is 12.0. The number of ether oxygens (including phenoxy) is 2. The maximum absolute atomic E-state index is 13.2. The summed E-state index contributed by atoms with van der Waals surface area (Å²) >= 11 is 2.95. The minimum absolute atomic E-state index is 0.0515. The van der Waals surface area contributed by atoms with Gasteiger partial charge in [0.15, 0.2) is 0 Å². The molecule has 0 radical (unpaired) electrons. The SMILES string of the molecule is CN1CCC[C@@H]1COc1ccc(-c2ncc(CNC(=O)c3ccc4c(c3)NC(=O)c3ccccc3S4(=O)=O)s2)cc1.O=C(NCc1cnc(-c2ccc(OCC3CCCC3)cc2)s1)c1ccc2c(c1)NC(=O)c1ccccc1S2(=O)=O. The summed E-state index contributed by atoms with van der Waals surface area (Å²) in [6, 6.07) is 36.7. The number of likely N-dealkylation sites (N-methyl/N-ethyl adjacent to an activating group) is 1. The number of amides is 4. The van der Waals surface area contributed by atoms with Crippen LogP contribution in [0.4, 0.5) is 11.4 Å². The van der Waals surface area contributed by atoms with E-state index in [0.29, 0.717) is 18.6 Å². The van der Waals surface area contributed by atoms with E-state index in [1.54, 1.807) is 36.7 Å². The van der Waals surface area contributed by atoms with Gasteiger partial charge in [-0.15, -0.1) is 22.7 Å². The van der Waals surface area contributed by atoms with Crippen LogP contribution in [0.2, 0.25) is 0 Å². The molecule has 8 aromatic rings. The fourth-order valence-electron chi connectivity index (χ4n) is 10.1. The number of benzene rings is 6. The number of carbonyl (C=O) groups excluding carboxylic acids is 4. The van der Waals surface area contributed by atoms with Crippen LogP contribution in [-0.2, 0) is 32.8 Å². The van der Waals surface area contributed by atoms with Crippen LogP contribution in [0.5, 0.6) is 11.5 Å². The Bertz CT molecular complexity index is 3930. The van der Waals surface area contributed by atoms with Crippen LogP contribution in [0, 0.1) is 5.92 Å². The van der Waals surface area contributed by atoms with Gasteiger partial charge in [0.2, 0.25) is 19.7 Å². The lowest BCUT2D eigenvalue weighted by Gasteiger charge is -2.19. The molecular formula is C60H55N7O10S4. The van der Waals surface area contributed by atoms with Crippen molar-refractivity contribution in [2.45, 2.75) is 77.2 Å². The summed E-state index contributed by atoms with van der Waals surface area (Å²) in [6.07, 6.45) is 10.9. The quantitative estimate of drug-likeness (QED) is 0.0795. The van der Waals surface area contributed by atoms with E-state index >= 15 is 0 Å². The van der Waals surface area contributed by atoms with E-state index in [4.69, 9.17) is 9.47 Å². The molecule has 81 heavy (non-hydrogen) atoms. The second kappa shape index (κ2) is 23.6. The topological polar surface area (TPSA) is 232 Å². The number of fused-ring (bicyclic) bond motifs is 4. The van der Waals surface area contributed by atoms with E-state index in [9.17, 15) is 36.0 Å². The summed E-state index contributed by atoms with van der Waals surface area (Å²) < 4.78 is 64.6. The molecule has 5 heterocycles. The van der Waals surface area contributed by atoms with Gasteiger partial charge < -0.3 is 35.6 Å².